The zero-order valence-electron chi connectivity index (χ0n) is 7.53. The molecule has 2 nitrogen and oxygen atoms in total. The van der Waals surface area contributed by atoms with Crippen LogP contribution in [0.3, 0.4) is 0 Å². The Balaban J connectivity index is 0.000000980. The molecule has 0 fully saturated rings. The molecule has 0 spiro atoms. The fraction of sp³-hybridized carbons (Fsp3) is 0.0909. The molecule has 1 aromatic carbocycles. The number of nitrogens with zero attached hydrogens (tertiary/aromatic N) is 2. The summed E-state index contributed by atoms with van der Waals surface area (Å²) in [5.74, 6) is 0. The molecule has 0 bridgehead atoms. The number of hydrogen-bond acceptors (Lipinski definition) is 1. The molecule has 1 aromatic heterocycles. The van der Waals surface area contributed by atoms with E-state index in [1.54, 1.807) is 0 Å². The maximum absolute atomic E-state index is 8.72. The number of rotatable bonds is 1. The van der Waals surface area contributed by atoms with E-state index in [1.165, 1.54) is 0 Å². The van der Waals surface area contributed by atoms with Gasteiger partial charge in [0, 0.05) is 28.5 Å². The summed E-state index contributed by atoms with van der Waals surface area (Å²) in [5.41, 5.74) is 1.77. The largest absolute Gasteiger partial charge is 0.378 e. The van der Waals surface area contributed by atoms with E-state index in [1.807, 2.05) is 35.0 Å². The van der Waals surface area contributed by atoms with Crippen molar-refractivity contribution in [3.8, 4) is 6.07 Å². The molecule has 73 valence electrons. The van der Waals surface area contributed by atoms with Gasteiger partial charge < -0.3 is 11.5 Å². The predicted molar refractivity (Wildman–Crippen MR) is 52.0 cm³/mol. The Morgan fingerprint density at radius 2 is 2.14 bits per heavy atom. The molecule has 0 saturated heterocycles. The van der Waals surface area contributed by atoms with E-state index in [0.717, 1.165) is 10.9 Å². The van der Waals surface area contributed by atoms with Crippen LogP contribution in [0, 0.1) is 18.3 Å². The first-order valence-corrected chi connectivity index (χ1v) is 4.13. The third kappa shape index (κ3) is 1.67. The molecule has 0 N–H and O–H groups in total. The first-order chi connectivity index (χ1) is 6.35. The summed E-state index contributed by atoms with van der Waals surface area (Å²) in [7, 11) is 0. The van der Waals surface area contributed by atoms with Crippen molar-refractivity contribution in [1.82, 2.24) is 4.57 Å². The van der Waals surface area contributed by atoms with E-state index in [4.69, 9.17) is 5.26 Å². The second-order valence-corrected chi connectivity index (χ2v) is 2.89. The fourth-order valence-electron chi connectivity index (χ4n) is 1.45. The van der Waals surface area contributed by atoms with Crippen LogP contribution < -0.4 is 0 Å². The van der Waals surface area contributed by atoms with Crippen molar-refractivity contribution in [1.29, 1.82) is 5.26 Å². The van der Waals surface area contributed by atoms with E-state index < -0.39 is 0 Å². The van der Waals surface area contributed by atoms with E-state index >= 15 is 0 Å². The molecule has 0 aliphatic rings. The van der Waals surface area contributed by atoms with Gasteiger partial charge in [-0.25, -0.2) is 0 Å². The maximum Gasteiger partial charge on any atom is 0.0992 e. The second kappa shape index (κ2) is 4.31. The Labute approximate surface area is 93.3 Å². The molecule has 14 heavy (non-hydrogen) atoms. The first-order valence-electron chi connectivity index (χ1n) is 4.13. The zero-order chi connectivity index (χ0) is 9.26. The van der Waals surface area contributed by atoms with Crippen LogP contribution in [0.25, 0.3) is 10.9 Å². The first kappa shape index (κ1) is 10.8. The van der Waals surface area contributed by atoms with Gasteiger partial charge in [-0.15, -0.1) is 6.54 Å². The Hall–Kier alpha value is -1.24. The standard InChI is InChI=1S/C11H9N2.Co/c1-2-13-6-5-10-4-3-9(8-12)7-11(10)13;/h3-7H,1-2H2;/q-1;. The van der Waals surface area contributed by atoms with Crippen LogP contribution in [0.5, 0.6) is 0 Å². The summed E-state index contributed by atoms with van der Waals surface area (Å²) >= 11 is 0. The van der Waals surface area contributed by atoms with Crippen LogP contribution in [0.4, 0.5) is 0 Å². The van der Waals surface area contributed by atoms with Gasteiger partial charge >= 0.3 is 0 Å². The van der Waals surface area contributed by atoms with Crippen LogP contribution in [-0.2, 0) is 23.3 Å². The van der Waals surface area contributed by atoms with Crippen molar-refractivity contribution in [2.75, 3.05) is 0 Å². The summed E-state index contributed by atoms with van der Waals surface area (Å²) in [6, 6.07) is 9.83. The van der Waals surface area contributed by atoms with Crippen molar-refractivity contribution >= 4 is 10.9 Å². The van der Waals surface area contributed by atoms with Crippen molar-refractivity contribution in [2.45, 2.75) is 6.54 Å². The van der Waals surface area contributed by atoms with Gasteiger partial charge in [-0.1, -0.05) is 6.07 Å². The summed E-state index contributed by atoms with van der Waals surface area (Å²) in [6.45, 7) is 4.51. The van der Waals surface area contributed by atoms with Gasteiger partial charge in [0.05, 0.1) is 11.6 Å². The zero-order valence-corrected chi connectivity index (χ0v) is 8.57. The third-order valence-corrected chi connectivity index (χ3v) is 2.14. The fourth-order valence-corrected chi connectivity index (χ4v) is 1.45. The summed E-state index contributed by atoms with van der Waals surface area (Å²) < 4.78 is 2.02. The van der Waals surface area contributed by atoms with E-state index in [2.05, 4.69) is 13.0 Å². The average Bonchev–Trinajstić information content (AvgIpc) is 2.59. The summed E-state index contributed by atoms with van der Waals surface area (Å²) in [6.07, 6.45) is 1.98. The number of aromatic nitrogens is 1. The molecule has 0 unspecified atom stereocenters. The molecule has 2 rings (SSSR count). The molecule has 1 radical (unpaired) electrons. The minimum absolute atomic E-state index is 0. The van der Waals surface area contributed by atoms with Gasteiger partial charge in [0.25, 0.3) is 0 Å². The molecule has 0 saturated carbocycles. The van der Waals surface area contributed by atoms with E-state index in [0.29, 0.717) is 12.1 Å². The number of nitriles is 1. The van der Waals surface area contributed by atoms with Crippen molar-refractivity contribution < 1.29 is 16.8 Å². The molecule has 0 aliphatic carbocycles. The van der Waals surface area contributed by atoms with Crippen LogP contribution in [0.1, 0.15) is 5.56 Å². The van der Waals surface area contributed by atoms with E-state index in [9.17, 15) is 0 Å². The predicted octanol–water partition coefficient (Wildman–Crippen LogP) is 2.34. The topological polar surface area (TPSA) is 28.7 Å². The molecular weight excluding hydrogens is 219 g/mol. The van der Waals surface area contributed by atoms with Crippen LogP contribution in [-0.4, -0.2) is 4.57 Å². The minimum atomic E-state index is 0. The van der Waals surface area contributed by atoms with E-state index in [-0.39, 0.29) is 16.8 Å². The van der Waals surface area contributed by atoms with Gasteiger partial charge in [0.15, 0.2) is 0 Å². The molecule has 1 heterocycles. The van der Waals surface area contributed by atoms with Crippen LogP contribution in [0.2, 0.25) is 0 Å². The van der Waals surface area contributed by atoms with Gasteiger partial charge in [-0.2, -0.15) is 5.26 Å². The molecule has 3 heteroatoms. The molecular formula is C11H9CoN2-. The number of hydrogen-bond donors (Lipinski definition) is 0. The van der Waals surface area contributed by atoms with Crippen molar-refractivity contribution in [3.63, 3.8) is 0 Å². The smallest absolute Gasteiger partial charge is 0.0992 e. The Kier molecular flexibility index (Phi) is 3.34. The normalized spacial score (nSPS) is 9.43. The Morgan fingerprint density at radius 1 is 1.36 bits per heavy atom. The van der Waals surface area contributed by atoms with Crippen LogP contribution in [0.15, 0.2) is 30.5 Å². The minimum Gasteiger partial charge on any atom is -0.378 e. The van der Waals surface area contributed by atoms with Gasteiger partial charge in [0.2, 0.25) is 0 Å². The van der Waals surface area contributed by atoms with Gasteiger partial charge in [-0.05, 0) is 23.6 Å². The molecule has 0 aliphatic heterocycles. The number of benzene rings is 1. The van der Waals surface area contributed by atoms with Crippen molar-refractivity contribution in [2.24, 2.45) is 0 Å². The van der Waals surface area contributed by atoms with Gasteiger partial charge in [-0.3, -0.25) is 0 Å². The molecule has 0 atom stereocenters. The maximum atomic E-state index is 8.72. The SMILES string of the molecule is [CH2-]Cn1ccc2ccc(C#N)cc21.[Co]. The third-order valence-electron chi connectivity index (χ3n) is 2.14. The monoisotopic (exact) mass is 228 g/mol. The summed E-state index contributed by atoms with van der Waals surface area (Å²) in [4.78, 5) is 0. The molecule has 2 aromatic rings. The Bertz CT molecular complexity index is 479. The number of fused-ring (bicyclic) bond motifs is 1. The molecule has 0 amide bonds. The van der Waals surface area contributed by atoms with Crippen LogP contribution >= 0.6 is 0 Å². The van der Waals surface area contributed by atoms with Gasteiger partial charge in [0.1, 0.15) is 0 Å². The second-order valence-electron chi connectivity index (χ2n) is 2.89. The van der Waals surface area contributed by atoms with Crippen molar-refractivity contribution in [3.05, 3.63) is 42.9 Å². The Morgan fingerprint density at radius 3 is 2.79 bits per heavy atom. The summed E-state index contributed by atoms with van der Waals surface area (Å²) in [5, 5.41) is 9.88. The quantitative estimate of drug-likeness (QED) is 0.688. The average molecular weight is 228 g/mol.